The lowest BCUT2D eigenvalue weighted by atomic mass is 10.0. The molecule has 0 bridgehead atoms. The Balaban J connectivity index is 1.79. The summed E-state index contributed by atoms with van der Waals surface area (Å²) in [6, 6.07) is 15.4. The van der Waals surface area contributed by atoms with Gasteiger partial charge in [-0.25, -0.2) is 0 Å². The van der Waals surface area contributed by atoms with Gasteiger partial charge in [-0.3, -0.25) is 19.1 Å². The zero-order valence-corrected chi connectivity index (χ0v) is 20.6. The van der Waals surface area contributed by atoms with E-state index < -0.39 is 0 Å². The van der Waals surface area contributed by atoms with Crippen molar-refractivity contribution >= 4 is 46.1 Å². The molecule has 34 heavy (non-hydrogen) atoms. The molecular weight excluding hydrogens is 468 g/mol. The highest BCUT2D eigenvalue weighted by molar-refractivity contribution is 8.26. The van der Waals surface area contributed by atoms with Crippen LogP contribution in [0.4, 0.5) is 5.82 Å². The normalized spacial score (nSPS) is 14.6. The van der Waals surface area contributed by atoms with Crippen molar-refractivity contribution in [3.8, 4) is 6.07 Å². The molecule has 1 amide bonds. The number of nitrogens with zero attached hydrogens (tertiary/aromatic N) is 4. The van der Waals surface area contributed by atoms with E-state index in [-0.39, 0.29) is 23.6 Å². The highest BCUT2D eigenvalue weighted by Gasteiger charge is 2.33. The van der Waals surface area contributed by atoms with Crippen LogP contribution in [0.25, 0.3) is 6.08 Å². The molecule has 0 radical (unpaired) electrons. The summed E-state index contributed by atoms with van der Waals surface area (Å²) >= 11 is 6.64. The summed E-state index contributed by atoms with van der Waals surface area (Å²) in [6.07, 6.45) is 3.28. The number of amides is 1. The Hall–Kier alpha value is -3.61. The molecule has 0 N–H and O–H groups in total. The lowest BCUT2D eigenvalue weighted by molar-refractivity contribution is -0.122. The van der Waals surface area contributed by atoms with Gasteiger partial charge in [-0.15, -0.1) is 0 Å². The van der Waals surface area contributed by atoms with Gasteiger partial charge in [0.1, 0.15) is 27.5 Å². The van der Waals surface area contributed by atoms with Gasteiger partial charge < -0.3 is 9.32 Å². The molecule has 0 aliphatic carbocycles. The third-order valence-corrected chi connectivity index (χ3v) is 7.01. The van der Waals surface area contributed by atoms with E-state index in [0.717, 1.165) is 5.56 Å². The van der Waals surface area contributed by atoms with E-state index in [1.165, 1.54) is 21.2 Å². The molecule has 4 rings (SSSR count). The van der Waals surface area contributed by atoms with E-state index >= 15 is 0 Å². The van der Waals surface area contributed by atoms with Crippen LogP contribution in [0, 0.1) is 18.3 Å². The molecule has 0 spiro atoms. The van der Waals surface area contributed by atoms with E-state index in [1.54, 1.807) is 38.4 Å². The maximum Gasteiger partial charge on any atom is 0.270 e. The molecule has 172 valence electrons. The number of rotatable bonds is 6. The quantitative estimate of drug-likeness (QED) is 0.378. The van der Waals surface area contributed by atoms with Crippen LogP contribution in [-0.2, 0) is 24.9 Å². The van der Waals surface area contributed by atoms with Crippen molar-refractivity contribution in [2.45, 2.75) is 20.0 Å². The Bertz CT molecular complexity index is 1390. The van der Waals surface area contributed by atoms with Crippen LogP contribution in [0.15, 0.2) is 62.8 Å². The molecule has 7 nitrogen and oxygen atoms in total. The van der Waals surface area contributed by atoms with E-state index in [2.05, 4.69) is 0 Å². The number of hydrogen-bond donors (Lipinski definition) is 0. The summed E-state index contributed by atoms with van der Waals surface area (Å²) in [6.45, 7) is 2.51. The molecule has 1 saturated heterocycles. The highest BCUT2D eigenvalue weighted by atomic mass is 32.2. The summed E-state index contributed by atoms with van der Waals surface area (Å²) in [5.74, 6) is 1.00. The molecule has 1 aliphatic rings. The molecule has 0 unspecified atom stereocenters. The molecule has 3 heterocycles. The first-order valence-corrected chi connectivity index (χ1v) is 11.7. The van der Waals surface area contributed by atoms with Crippen LogP contribution in [0.3, 0.4) is 0 Å². The van der Waals surface area contributed by atoms with Crippen LogP contribution in [0.2, 0.25) is 0 Å². The zero-order valence-electron chi connectivity index (χ0n) is 18.9. The Labute approximate surface area is 206 Å². The number of carbonyl (C=O) groups excluding carboxylic acids is 1. The molecule has 3 aromatic rings. The third kappa shape index (κ3) is 4.42. The number of thiocarbonyl (C=S) groups is 1. The number of benzene rings is 1. The summed E-state index contributed by atoms with van der Waals surface area (Å²) in [5.41, 5.74) is 1.90. The predicted molar refractivity (Wildman–Crippen MR) is 137 cm³/mol. The number of nitriles is 1. The highest BCUT2D eigenvalue weighted by Crippen LogP contribution is 2.36. The monoisotopic (exact) mass is 490 g/mol. The topological polar surface area (TPSA) is 82.5 Å². The molecular formula is C25H22N4O3S2. The van der Waals surface area contributed by atoms with Gasteiger partial charge in [-0.05, 0) is 36.3 Å². The van der Waals surface area contributed by atoms with Gasteiger partial charge in [-0.1, -0.05) is 54.3 Å². The predicted octanol–water partition coefficient (Wildman–Crippen LogP) is 4.20. The van der Waals surface area contributed by atoms with Gasteiger partial charge in [0, 0.05) is 26.2 Å². The standard InChI is InChI=1S/C25H22N4O3S2/c1-16-19(12-21-24(31)29(25(33)34-21)15-18-10-7-11-32-18)22(28(3)23(30)20(16)13-26)27(2)14-17-8-5-4-6-9-17/h4-12H,14-15H2,1-3H3. The summed E-state index contributed by atoms with van der Waals surface area (Å²) in [7, 11) is 3.52. The summed E-state index contributed by atoms with van der Waals surface area (Å²) in [5, 5.41) is 9.64. The first-order chi connectivity index (χ1) is 16.3. The van der Waals surface area contributed by atoms with Crippen molar-refractivity contribution in [1.82, 2.24) is 9.47 Å². The maximum absolute atomic E-state index is 13.2. The van der Waals surface area contributed by atoms with Gasteiger partial charge >= 0.3 is 0 Å². The molecule has 0 atom stereocenters. The first-order valence-electron chi connectivity index (χ1n) is 10.5. The Morgan fingerprint density at radius 3 is 2.59 bits per heavy atom. The number of anilines is 1. The Kier molecular flexibility index (Phi) is 6.72. The molecule has 0 saturated carbocycles. The fraction of sp³-hybridized carbons (Fsp3) is 0.200. The molecule has 1 aliphatic heterocycles. The fourth-order valence-electron chi connectivity index (χ4n) is 3.93. The van der Waals surface area contributed by atoms with Crippen LogP contribution >= 0.6 is 24.0 Å². The minimum atomic E-state index is -0.377. The average molecular weight is 491 g/mol. The smallest absolute Gasteiger partial charge is 0.270 e. The van der Waals surface area contributed by atoms with Gasteiger partial charge in [0.2, 0.25) is 0 Å². The minimum absolute atomic E-state index is 0.0525. The SMILES string of the molecule is Cc1c(C=C2SC(=S)N(Cc3ccco3)C2=O)c(N(C)Cc2ccccc2)n(C)c(=O)c1C#N. The van der Waals surface area contributed by atoms with Crippen LogP contribution in [0.1, 0.15) is 28.0 Å². The number of furan rings is 1. The Morgan fingerprint density at radius 1 is 1.21 bits per heavy atom. The van der Waals surface area contributed by atoms with Crippen molar-refractivity contribution in [1.29, 1.82) is 5.26 Å². The molecule has 1 fully saturated rings. The second kappa shape index (κ2) is 9.71. The second-order valence-electron chi connectivity index (χ2n) is 7.90. The van der Waals surface area contributed by atoms with Gasteiger partial charge in [0.25, 0.3) is 11.5 Å². The summed E-state index contributed by atoms with van der Waals surface area (Å²) in [4.78, 5) is 30.0. The largest absolute Gasteiger partial charge is 0.467 e. The number of thioether (sulfide) groups is 1. The van der Waals surface area contributed by atoms with Crippen LogP contribution in [0.5, 0.6) is 0 Å². The van der Waals surface area contributed by atoms with Crippen molar-refractivity contribution in [2.75, 3.05) is 11.9 Å². The number of aromatic nitrogens is 1. The average Bonchev–Trinajstić information content (AvgIpc) is 3.42. The van der Waals surface area contributed by atoms with Gasteiger partial charge in [-0.2, -0.15) is 5.26 Å². The minimum Gasteiger partial charge on any atom is -0.467 e. The van der Waals surface area contributed by atoms with Crippen molar-refractivity contribution < 1.29 is 9.21 Å². The summed E-state index contributed by atoms with van der Waals surface area (Å²) < 4.78 is 7.26. The van der Waals surface area contributed by atoms with E-state index in [1.807, 2.05) is 48.3 Å². The number of pyridine rings is 1. The van der Waals surface area contributed by atoms with E-state index in [9.17, 15) is 14.9 Å². The van der Waals surface area contributed by atoms with Crippen molar-refractivity contribution in [3.05, 3.63) is 92.0 Å². The second-order valence-corrected chi connectivity index (χ2v) is 9.58. The number of hydrogen-bond acceptors (Lipinski definition) is 7. The maximum atomic E-state index is 13.2. The number of carbonyl (C=O) groups is 1. The molecule has 1 aromatic carbocycles. The van der Waals surface area contributed by atoms with E-state index in [0.29, 0.717) is 38.5 Å². The fourth-order valence-corrected chi connectivity index (χ4v) is 5.17. The van der Waals surface area contributed by atoms with Crippen molar-refractivity contribution in [3.63, 3.8) is 0 Å². The van der Waals surface area contributed by atoms with Crippen molar-refractivity contribution in [2.24, 2.45) is 7.05 Å². The van der Waals surface area contributed by atoms with Gasteiger partial charge in [0.05, 0.1) is 17.7 Å². The Morgan fingerprint density at radius 2 is 1.94 bits per heavy atom. The zero-order chi connectivity index (χ0) is 24.4. The van der Waals surface area contributed by atoms with Crippen LogP contribution < -0.4 is 10.5 Å². The first kappa shape index (κ1) is 23.5. The van der Waals surface area contributed by atoms with Crippen LogP contribution in [-0.4, -0.2) is 26.7 Å². The van der Waals surface area contributed by atoms with Gasteiger partial charge in [0.15, 0.2) is 0 Å². The lowest BCUT2D eigenvalue weighted by Crippen LogP contribution is -2.30. The third-order valence-electron chi connectivity index (χ3n) is 5.64. The lowest BCUT2D eigenvalue weighted by Gasteiger charge is -2.26. The molecule has 2 aromatic heterocycles. The van der Waals surface area contributed by atoms with E-state index in [4.69, 9.17) is 16.6 Å². The molecule has 9 heteroatoms.